The van der Waals surface area contributed by atoms with E-state index < -0.39 is 0 Å². The van der Waals surface area contributed by atoms with Gasteiger partial charge in [-0.1, -0.05) is 59.6 Å². The summed E-state index contributed by atoms with van der Waals surface area (Å²) in [7, 11) is 0. The minimum absolute atomic E-state index is 0. The van der Waals surface area contributed by atoms with Gasteiger partial charge in [0.25, 0.3) is 0 Å². The van der Waals surface area contributed by atoms with Gasteiger partial charge in [0.2, 0.25) is 0 Å². The molecule has 1 saturated heterocycles. The molecule has 1 aliphatic rings. The molecule has 1 fully saturated rings. The molecule has 0 radical (unpaired) electrons. The van der Waals surface area contributed by atoms with Crippen molar-refractivity contribution in [2.75, 3.05) is 19.6 Å². The molecule has 3 nitrogen and oxygen atoms in total. The van der Waals surface area contributed by atoms with Gasteiger partial charge in [-0.05, 0) is 36.8 Å². The highest BCUT2D eigenvalue weighted by molar-refractivity contribution is 9.10. The molecule has 2 heterocycles. The molecule has 0 amide bonds. The molecule has 0 N–H and O–H groups in total. The Morgan fingerprint density at radius 1 is 0.939 bits per heavy atom. The Morgan fingerprint density at radius 3 is 2.36 bits per heavy atom. The average molecular weight is 529 g/mol. The van der Waals surface area contributed by atoms with E-state index in [9.17, 15) is 0 Å². The summed E-state index contributed by atoms with van der Waals surface area (Å²) in [5, 5.41) is 2.29. The summed E-state index contributed by atoms with van der Waals surface area (Å²) in [6, 6.07) is 23.4. The Labute approximate surface area is 210 Å². The first-order valence-corrected chi connectivity index (χ1v) is 12.6. The zero-order valence-corrected chi connectivity index (χ0v) is 21.4. The van der Waals surface area contributed by atoms with Gasteiger partial charge < -0.3 is 26.0 Å². The highest BCUT2D eigenvalue weighted by Crippen LogP contribution is 2.34. The Kier molecular flexibility index (Phi) is 7.68. The third kappa shape index (κ3) is 5.40. The molecule has 5 rings (SSSR count). The van der Waals surface area contributed by atoms with Gasteiger partial charge in [0.15, 0.2) is 0 Å². The minimum atomic E-state index is 0. The van der Waals surface area contributed by atoms with Crippen LogP contribution in [0.1, 0.15) is 38.2 Å². The quantitative estimate of drug-likeness (QED) is 0.324. The maximum atomic E-state index is 6.45. The Hall–Kier alpha value is -2.01. The number of hydrogen-bond acceptors (Lipinski definition) is 2. The second-order valence-corrected chi connectivity index (χ2v) is 10.1. The molecule has 0 atom stereocenters. The van der Waals surface area contributed by atoms with E-state index in [2.05, 4.69) is 83.5 Å². The summed E-state index contributed by atoms with van der Waals surface area (Å²) in [5.74, 6) is 0.914. The van der Waals surface area contributed by atoms with E-state index in [1.54, 1.807) is 0 Å². The van der Waals surface area contributed by atoms with Gasteiger partial charge in [-0.25, -0.2) is 0 Å². The summed E-state index contributed by atoms with van der Waals surface area (Å²) < 4.78 is 14.8. The fourth-order valence-electron chi connectivity index (χ4n) is 5.13. The number of hydrogen-bond donors (Lipinski definition) is 0. The van der Waals surface area contributed by atoms with Crippen molar-refractivity contribution in [2.24, 2.45) is 0 Å². The van der Waals surface area contributed by atoms with Crippen molar-refractivity contribution < 1.29 is 26.0 Å². The van der Waals surface area contributed by atoms with Crippen molar-refractivity contribution in [3.05, 3.63) is 76.8 Å². The topological polar surface area (TPSA) is 22.4 Å². The first-order chi connectivity index (χ1) is 15.6. The third-order valence-electron chi connectivity index (χ3n) is 6.91. The lowest BCUT2D eigenvalue weighted by atomic mass is 10.0. The zero-order chi connectivity index (χ0) is 22.0. The monoisotopic (exact) mass is 527 g/mol. The van der Waals surface area contributed by atoms with Crippen molar-refractivity contribution in [1.29, 1.82) is 0 Å². The molecule has 5 heteroatoms. The molecule has 33 heavy (non-hydrogen) atoms. The lowest BCUT2D eigenvalue weighted by Crippen LogP contribution is -3.00. The van der Waals surface area contributed by atoms with E-state index in [1.807, 2.05) is 6.07 Å². The molecular formula is C28H31BrClNO2. The lowest BCUT2D eigenvalue weighted by Gasteiger charge is -2.44. The summed E-state index contributed by atoms with van der Waals surface area (Å²) in [5.41, 5.74) is 3.25. The number of halogens is 2. The number of piperidine rings is 1. The van der Waals surface area contributed by atoms with Crippen LogP contribution in [-0.4, -0.2) is 30.2 Å². The van der Waals surface area contributed by atoms with Crippen LogP contribution in [0, 0.1) is 0 Å². The predicted octanol–water partition coefficient (Wildman–Crippen LogP) is 4.71. The van der Waals surface area contributed by atoms with Crippen LogP contribution < -0.4 is 17.1 Å². The molecule has 0 bridgehead atoms. The van der Waals surface area contributed by atoms with Crippen LogP contribution in [0.25, 0.3) is 21.9 Å². The second kappa shape index (κ2) is 10.5. The summed E-state index contributed by atoms with van der Waals surface area (Å²) in [6.07, 6.45) is 5.01. The van der Waals surface area contributed by atoms with E-state index in [0.29, 0.717) is 0 Å². The van der Waals surface area contributed by atoms with Crippen molar-refractivity contribution in [1.82, 2.24) is 0 Å². The first kappa shape index (κ1) is 24.1. The number of likely N-dealkylation sites (tertiary alicyclic amines) is 1. The highest BCUT2D eigenvalue weighted by atomic mass is 79.9. The van der Waals surface area contributed by atoms with Crippen molar-refractivity contribution in [3.8, 4) is 5.75 Å². The van der Waals surface area contributed by atoms with Crippen LogP contribution in [0.2, 0.25) is 0 Å². The molecule has 1 aliphatic heterocycles. The number of unbranched alkanes of at least 4 members (excludes halogenated alkanes) is 1. The number of furan rings is 1. The maximum Gasteiger partial charge on any atom is 0.139 e. The van der Waals surface area contributed by atoms with Gasteiger partial charge in [0, 0.05) is 39.7 Å². The highest BCUT2D eigenvalue weighted by Gasteiger charge is 2.34. The van der Waals surface area contributed by atoms with E-state index in [1.165, 1.54) is 42.5 Å². The predicted molar refractivity (Wildman–Crippen MR) is 135 cm³/mol. The van der Waals surface area contributed by atoms with Crippen molar-refractivity contribution in [2.45, 2.75) is 45.3 Å². The van der Waals surface area contributed by atoms with Gasteiger partial charge in [0.05, 0.1) is 19.6 Å². The van der Waals surface area contributed by atoms with E-state index >= 15 is 0 Å². The van der Waals surface area contributed by atoms with Gasteiger partial charge >= 0.3 is 0 Å². The van der Waals surface area contributed by atoms with Gasteiger partial charge in [-0.15, -0.1) is 0 Å². The molecule has 1 aromatic heterocycles. The van der Waals surface area contributed by atoms with E-state index in [0.717, 1.165) is 51.5 Å². The van der Waals surface area contributed by atoms with Crippen molar-refractivity contribution >= 4 is 37.9 Å². The average Bonchev–Trinajstić information content (AvgIpc) is 3.16. The fourth-order valence-corrected chi connectivity index (χ4v) is 5.47. The van der Waals surface area contributed by atoms with Crippen LogP contribution in [0.5, 0.6) is 5.75 Å². The number of benzene rings is 3. The maximum absolute atomic E-state index is 6.45. The summed E-state index contributed by atoms with van der Waals surface area (Å²) in [4.78, 5) is 0. The Bertz CT molecular complexity index is 1200. The largest absolute Gasteiger partial charge is 1.00 e. The van der Waals surface area contributed by atoms with E-state index in [-0.39, 0.29) is 18.5 Å². The van der Waals surface area contributed by atoms with Crippen LogP contribution in [0.4, 0.5) is 0 Å². The molecule has 4 aromatic rings. The molecular weight excluding hydrogens is 498 g/mol. The first-order valence-electron chi connectivity index (χ1n) is 11.8. The van der Waals surface area contributed by atoms with Gasteiger partial charge in [0.1, 0.15) is 29.6 Å². The minimum Gasteiger partial charge on any atom is -1.00 e. The van der Waals surface area contributed by atoms with Gasteiger partial charge in [-0.2, -0.15) is 0 Å². The number of quaternary nitrogens is 1. The normalized spacial score (nSPS) is 20.6. The number of ether oxygens (including phenoxy) is 1. The molecule has 0 saturated carbocycles. The van der Waals surface area contributed by atoms with Crippen LogP contribution in [-0.2, 0) is 6.54 Å². The molecule has 0 unspecified atom stereocenters. The van der Waals surface area contributed by atoms with Crippen LogP contribution >= 0.6 is 15.9 Å². The van der Waals surface area contributed by atoms with Crippen molar-refractivity contribution in [3.63, 3.8) is 0 Å². The second-order valence-electron chi connectivity index (χ2n) is 9.23. The zero-order valence-electron chi connectivity index (χ0n) is 19.1. The van der Waals surface area contributed by atoms with Crippen LogP contribution in [0.15, 0.2) is 75.6 Å². The fraction of sp³-hybridized carbons (Fsp3) is 0.357. The lowest BCUT2D eigenvalue weighted by molar-refractivity contribution is -0.946. The summed E-state index contributed by atoms with van der Waals surface area (Å²) >= 11 is 3.53. The summed E-state index contributed by atoms with van der Waals surface area (Å²) in [6.45, 7) is 7.05. The molecule has 0 aliphatic carbocycles. The Morgan fingerprint density at radius 2 is 1.64 bits per heavy atom. The molecule has 0 spiro atoms. The molecule has 3 aromatic carbocycles. The SMILES string of the molecule is CCCC[N+]1(Cc2ccccc2)CCC(Oc2ccc3c(c2)oc2cc(Br)ccc23)CC1.[Cl-]. The smallest absolute Gasteiger partial charge is 0.139 e. The third-order valence-corrected chi connectivity index (χ3v) is 7.40. The van der Waals surface area contributed by atoms with E-state index in [4.69, 9.17) is 9.15 Å². The Balaban J connectivity index is 0.00000259. The standard InChI is InChI=1S/C28H31BrNO2.ClH/c1-2-3-15-30(20-21-7-5-4-6-8-21)16-13-23(14-17-30)31-24-10-12-26-25-11-9-22(29)18-27(25)32-28(26)19-24;/h4-12,18-19,23H,2-3,13-17,20H2,1H3;1H/q+1;/p-1. The van der Waals surface area contributed by atoms with Gasteiger partial charge in [-0.3, -0.25) is 0 Å². The molecule has 174 valence electrons. The number of fused-ring (bicyclic) bond motifs is 3. The van der Waals surface area contributed by atoms with Crippen LogP contribution in [0.3, 0.4) is 0 Å². The number of rotatable bonds is 7. The number of nitrogens with zero attached hydrogens (tertiary/aromatic N) is 1.